The maximum absolute atomic E-state index is 11.7. The number of aliphatic hydroxyl groups is 1. The van der Waals surface area contributed by atoms with E-state index in [-0.39, 0.29) is 12.0 Å². The van der Waals surface area contributed by atoms with Gasteiger partial charge in [-0.2, -0.15) is 0 Å². The van der Waals surface area contributed by atoms with Gasteiger partial charge in [-0.1, -0.05) is 17.7 Å². The Morgan fingerprint density at radius 1 is 1.50 bits per heavy atom. The summed E-state index contributed by atoms with van der Waals surface area (Å²) >= 11 is 0. The Morgan fingerprint density at radius 3 is 2.83 bits per heavy atom. The molecule has 0 aliphatic rings. The van der Waals surface area contributed by atoms with E-state index in [0.29, 0.717) is 19.4 Å². The Morgan fingerprint density at radius 2 is 2.22 bits per heavy atom. The molecule has 100 valence electrons. The Bertz CT molecular complexity index is 402. The molecule has 0 heterocycles. The van der Waals surface area contributed by atoms with E-state index in [9.17, 15) is 4.79 Å². The Balaban J connectivity index is 2.55. The fourth-order valence-electron chi connectivity index (χ4n) is 1.70. The second-order valence-electron chi connectivity index (χ2n) is 4.48. The molecule has 0 saturated heterocycles. The highest BCUT2D eigenvalue weighted by Crippen LogP contribution is 2.19. The summed E-state index contributed by atoms with van der Waals surface area (Å²) in [5.74, 6) is 0.672. The molecule has 2 N–H and O–H groups in total. The number of rotatable bonds is 6. The van der Waals surface area contributed by atoms with Crippen LogP contribution in [0.5, 0.6) is 5.75 Å². The molecule has 0 saturated carbocycles. The Hall–Kier alpha value is -1.55. The second kappa shape index (κ2) is 7.01. The summed E-state index contributed by atoms with van der Waals surface area (Å²) in [5.41, 5.74) is 1.98. The lowest BCUT2D eigenvalue weighted by Crippen LogP contribution is -2.28. The van der Waals surface area contributed by atoms with Crippen molar-refractivity contribution in [1.29, 1.82) is 0 Å². The third-order valence-corrected chi connectivity index (χ3v) is 2.67. The van der Waals surface area contributed by atoms with Crippen molar-refractivity contribution in [3.05, 3.63) is 29.3 Å². The molecule has 0 aliphatic carbocycles. The van der Waals surface area contributed by atoms with Gasteiger partial charge in [-0.05, 0) is 26.3 Å². The van der Waals surface area contributed by atoms with Crippen LogP contribution >= 0.6 is 0 Å². The van der Waals surface area contributed by atoms with Crippen LogP contribution in [0.3, 0.4) is 0 Å². The van der Waals surface area contributed by atoms with E-state index < -0.39 is 0 Å². The van der Waals surface area contributed by atoms with Crippen molar-refractivity contribution in [1.82, 2.24) is 5.32 Å². The summed E-state index contributed by atoms with van der Waals surface area (Å²) in [6, 6.07) is 5.77. The van der Waals surface area contributed by atoms with Crippen molar-refractivity contribution in [3.63, 3.8) is 0 Å². The molecule has 1 aromatic carbocycles. The number of carbonyl (C=O) groups is 1. The minimum absolute atomic E-state index is 0.0560. The SMILES string of the molecule is COc1ccc(C)cc1CC(=O)NCCC(C)O. The molecule has 0 aliphatic heterocycles. The Kier molecular flexibility index (Phi) is 5.65. The lowest BCUT2D eigenvalue weighted by Gasteiger charge is -2.10. The first-order valence-electron chi connectivity index (χ1n) is 6.11. The van der Waals surface area contributed by atoms with Crippen LogP contribution in [0, 0.1) is 6.92 Å². The number of hydrogen-bond donors (Lipinski definition) is 2. The molecule has 0 aromatic heterocycles. The minimum atomic E-state index is -0.390. The van der Waals surface area contributed by atoms with Crippen LogP contribution in [-0.2, 0) is 11.2 Å². The molecule has 0 bridgehead atoms. The summed E-state index contributed by atoms with van der Waals surface area (Å²) in [4.78, 5) is 11.7. The van der Waals surface area contributed by atoms with Crippen molar-refractivity contribution in [2.75, 3.05) is 13.7 Å². The quantitative estimate of drug-likeness (QED) is 0.804. The van der Waals surface area contributed by atoms with Gasteiger partial charge in [0.05, 0.1) is 19.6 Å². The predicted molar refractivity (Wildman–Crippen MR) is 70.7 cm³/mol. The molecule has 4 heteroatoms. The number of ether oxygens (including phenoxy) is 1. The van der Waals surface area contributed by atoms with E-state index in [1.807, 2.05) is 25.1 Å². The zero-order valence-corrected chi connectivity index (χ0v) is 11.2. The number of aliphatic hydroxyl groups excluding tert-OH is 1. The summed E-state index contributed by atoms with van der Waals surface area (Å²) in [5, 5.41) is 11.9. The third kappa shape index (κ3) is 4.75. The minimum Gasteiger partial charge on any atom is -0.496 e. The molecule has 1 atom stereocenters. The normalized spacial score (nSPS) is 12.0. The van der Waals surface area contributed by atoms with Gasteiger partial charge < -0.3 is 15.2 Å². The third-order valence-electron chi connectivity index (χ3n) is 2.67. The van der Waals surface area contributed by atoms with Gasteiger partial charge in [0.1, 0.15) is 5.75 Å². The highest BCUT2D eigenvalue weighted by Gasteiger charge is 2.09. The van der Waals surface area contributed by atoms with Crippen molar-refractivity contribution in [2.45, 2.75) is 32.8 Å². The second-order valence-corrected chi connectivity index (χ2v) is 4.48. The van der Waals surface area contributed by atoms with Crippen LogP contribution in [0.15, 0.2) is 18.2 Å². The zero-order valence-electron chi connectivity index (χ0n) is 11.2. The van der Waals surface area contributed by atoms with Gasteiger partial charge in [0.2, 0.25) is 5.91 Å². The maximum atomic E-state index is 11.7. The number of aryl methyl sites for hydroxylation is 1. The number of carbonyl (C=O) groups excluding carboxylic acids is 1. The Labute approximate surface area is 108 Å². The summed E-state index contributed by atoms with van der Waals surface area (Å²) < 4.78 is 5.22. The summed E-state index contributed by atoms with van der Waals surface area (Å²) in [7, 11) is 1.60. The molecule has 1 rings (SSSR count). The topological polar surface area (TPSA) is 58.6 Å². The predicted octanol–water partition coefficient (Wildman–Crippen LogP) is 1.43. The first-order valence-corrected chi connectivity index (χ1v) is 6.11. The van der Waals surface area contributed by atoms with E-state index in [0.717, 1.165) is 16.9 Å². The molecular weight excluding hydrogens is 230 g/mol. The van der Waals surface area contributed by atoms with Crippen molar-refractivity contribution in [3.8, 4) is 5.75 Å². The molecule has 1 amide bonds. The highest BCUT2D eigenvalue weighted by atomic mass is 16.5. The van der Waals surface area contributed by atoms with Gasteiger partial charge in [-0.15, -0.1) is 0 Å². The van der Waals surface area contributed by atoms with Crippen LogP contribution in [-0.4, -0.2) is 30.8 Å². The van der Waals surface area contributed by atoms with Gasteiger partial charge in [0, 0.05) is 12.1 Å². The average Bonchev–Trinajstić information content (AvgIpc) is 2.28. The first-order chi connectivity index (χ1) is 8.52. The number of nitrogens with one attached hydrogen (secondary N) is 1. The summed E-state index contributed by atoms with van der Waals surface area (Å²) in [6.45, 7) is 4.18. The van der Waals surface area contributed by atoms with Gasteiger partial charge in [0.25, 0.3) is 0 Å². The molecule has 1 aromatic rings. The smallest absolute Gasteiger partial charge is 0.224 e. The van der Waals surface area contributed by atoms with Crippen LogP contribution < -0.4 is 10.1 Å². The van der Waals surface area contributed by atoms with Crippen LogP contribution in [0.2, 0.25) is 0 Å². The fraction of sp³-hybridized carbons (Fsp3) is 0.500. The van der Waals surface area contributed by atoms with Crippen molar-refractivity contribution < 1.29 is 14.6 Å². The van der Waals surface area contributed by atoms with Gasteiger partial charge in [0.15, 0.2) is 0 Å². The molecule has 0 radical (unpaired) electrons. The van der Waals surface area contributed by atoms with Crippen LogP contribution in [0.1, 0.15) is 24.5 Å². The molecule has 18 heavy (non-hydrogen) atoms. The zero-order chi connectivity index (χ0) is 13.5. The number of hydrogen-bond acceptors (Lipinski definition) is 3. The van der Waals surface area contributed by atoms with Crippen molar-refractivity contribution >= 4 is 5.91 Å². The van der Waals surface area contributed by atoms with Crippen LogP contribution in [0.4, 0.5) is 0 Å². The monoisotopic (exact) mass is 251 g/mol. The van der Waals surface area contributed by atoms with E-state index >= 15 is 0 Å². The molecule has 1 unspecified atom stereocenters. The van der Waals surface area contributed by atoms with E-state index in [1.54, 1.807) is 14.0 Å². The number of methoxy groups -OCH3 is 1. The molecule has 4 nitrogen and oxygen atoms in total. The standard InChI is InChI=1S/C14H21NO3/c1-10-4-5-13(18-3)12(8-10)9-14(17)15-7-6-11(2)16/h4-5,8,11,16H,6-7,9H2,1-3H3,(H,15,17). The highest BCUT2D eigenvalue weighted by molar-refractivity contribution is 5.79. The summed E-state index contributed by atoms with van der Waals surface area (Å²) in [6.07, 6.45) is 0.472. The molecule has 0 spiro atoms. The molecule has 0 fully saturated rings. The van der Waals surface area contributed by atoms with Gasteiger partial charge in [-0.3, -0.25) is 4.79 Å². The lowest BCUT2D eigenvalue weighted by molar-refractivity contribution is -0.120. The average molecular weight is 251 g/mol. The van der Waals surface area contributed by atoms with E-state index in [2.05, 4.69) is 5.32 Å². The number of amides is 1. The van der Waals surface area contributed by atoms with Gasteiger partial charge in [-0.25, -0.2) is 0 Å². The largest absolute Gasteiger partial charge is 0.496 e. The van der Waals surface area contributed by atoms with Gasteiger partial charge >= 0.3 is 0 Å². The lowest BCUT2D eigenvalue weighted by atomic mass is 10.1. The van der Waals surface area contributed by atoms with Crippen LogP contribution in [0.25, 0.3) is 0 Å². The maximum Gasteiger partial charge on any atom is 0.224 e. The first kappa shape index (κ1) is 14.5. The molecular formula is C14H21NO3. The van der Waals surface area contributed by atoms with E-state index in [1.165, 1.54) is 0 Å². The van der Waals surface area contributed by atoms with Crippen molar-refractivity contribution in [2.24, 2.45) is 0 Å². The number of benzene rings is 1. The van der Waals surface area contributed by atoms with E-state index in [4.69, 9.17) is 9.84 Å². The fourth-order valence-corrected chi connectivity index (χ4v) is 1.70.